The van der Waals surface area contributed by atoms with Gasteiger partial charge in [0.2, 0.25) is 5.91 Å². The molecule has 1 rings (SSSR count). The van der Waals surface area contributed by atoms with Crippen LogP contribution in [0.4, 0.5) is 0 Å². The number of carbonyl (C=O) groups is 2. The summed E-state index contributed by atoms with van der Waals surface area (Å²) in [6, 6.07) is -0.766. The van der Waals surface area contributed by atoms with Gasteiger partial charge < -0.3 is 10.4 Å². The first-order valence-corrected chi connectivity index (χ1v) is 6.23. The van der Waals surface area contributed by atoms with Crippen LogP contribution in [0.25, 0.3) is 0 Å². The Balaban J connectivity index is 2.46. The van der Waals surface area contributed by atoms with Gasteiger partial charge in [-0.15, -0.1) is 0 Å². The Morgan fingerprint density at radius 1 is 1.53 bits per heavy atom. The largest absolute Gasteiger partial charge is 0.480 e. The molecule has 2 N–H and O–H groups in total. The number of rotatable bonds is 6. The van der Waals surface area contributed by atoms with E-state index in [0.717, 1.165) is 19.3 Å². The highest BCUT2D eigenvalue weighted by molar-refractivity contribution is 5.83. The number of aliphatic carboxylic acids is 1. The zero-order chi connectivity index (χ0) is 12.8. The molecule has 0 spiro atoms. The molecular formula is C13H21NO3. The molecule has 3 atom stereocenters. The molecule has 3 unspecified atom stereocenters. The molecule has 1 aliphatic rings. The lowest BCUT2D eigenvalue weighted by atomic mass is 9.98. The van der Waals surface area contributed by atoms with Gasteiger partial charge in [-0.25, -0.2) is 4.79 Å². The molecule has 0 aromatic carbocycles. The van der Waals surface area contributed by atoms with Crippen molar-refractivity contribution >= 4 is 11.9 Å². The second-order valence-electron chi connectivity index (χ2n) is 4.74. The van der Waals surface area contributed by atoms with Gasteiger partial charge in [-0.3, -0.25) is 4.79 Å². The van der Waals surface area contributed by atoms with Crippen molar-refractivity contribution in [3.8, 4) is 0 Å². The van der Waals surface area contributed by atoms with E-state index in [0.29, 0.717) is 6.42 Å². The fourth-order valence-corrected chi connectivity index (χ4v) is 2.02. The van der Waals surface area contributed by atoms with Crippen LogP contribution in [-0.2, 0) is 9.59 Å². The molecule has 0 aromatic heterocycles. The number of carboxylic acids is 1. The maximum atomic E-state index is 11.7. The summed E-state index contributed by atoms with van der Waals surface area (Å²) in [7, 11) is 0. The summed E-state index contributed by atoms with van der Waals surface area (Å²) in [6.07, 6.45) is 7.26. The number of allylic oxidation sites excluding steroid dienone is 2. The third-order valence-electron chi connectivity index (χ3n) is 3.36. The van der Waals surface area contributed by atoms with Gasteiger partial charge in [-0.1, -0.05) is 32.4 Å². The van der Waals surface area contributed by atoms with E-state index < -0.39 is 12.0 Å². The van der Waals surface area contributed by atoms with Gasteiger partial charge in [-0.05, 0) is 24.7 Å². The van der Waals surface area contributed by atoms with Crippen LogP contribution in [0.2, 0.25) is 0 Å². The fraction of sp³-hybridized carbons (Fsp3) is 0.692. The molecule has 96 valence electrons. The van der Waals surface area contributed by atoms with Crippen LogP contribution in [0.5, 0.6) is 0 Å². The lowest BCUT2D eigenvalue weighted by Crippen LogP contribution is -2.45. The van der Waals surface area contributed by atoms with Crippen LogP contribution in [0.15, 0.2) is 12.2 Å². The molecule has 4 heteroatoms. The van der Waals surface area contributed by atoms with E-state index in [4.69, 9.17) is 5.11 Å². The molecule has 4 nitrogen and oxygen atoms in total. The van der Waals surface area contributed by atoms with Crippen molar-refractivity contribution in [1.29, 1.82) is 0 Å². The molecule has 0 radical (unpaired) electrons. The lowest BCUT2D eigenvalue weighted by Gasteiger charge is -2.20. The minimum atomic E-state index is -0.949. The van der Waals surface area contributed by atoms with E-state index in [1.54, 1.807) is 0 Å². The number of carboxylic acid groups (broad SMARTS) is 1. The standard InChI is InChI=1S/C13H21NO3/c1-3-9(2)12(13(16)17)14-11(15)8-10-6-4-5-7-10/h4,6,9-10,12H,3,5,7-8H2,1-2H3,(H,14,15)(H,16,17). The SMILES string of the molecule is CCC(C)C(NC(=O)CC1C=CCC1)C(=O)O. The average Bonchev–Trinajstić information content (AvgIpc) is 2.77. The van der Waals surface area contributed by atoms with E-state index in [1.165, 1.54) is 0 Å². The Morgan fingerprint density at radius 2 is 2.24 bits per heavy atom. The first-order chi connectivity index (χ1) is 8.04. The maximum Gasteiger partial charge on any atom is 0.326 e. The second kappa shape index (κ2) is 6.42. The molecule has 0 aliphatic heterocycles. The molecule has 17 heavy (non-hydrogen) atoms. The molecule has 1 amide bonds. The Bertz CT molecular complexity index is 312. The quantitative estimate of drug-likeness (QED) is 0.696. The van der Waals surface area contributed by atoms with E-state index in [9.17, 15) is 9.59 Å². The van der Waals surface area contributed by atoms with Gasteiger partial charge >= 0.3 is 5.97 Å². The highest BCUT2D eigenvalue weighted by atomic mass is 16.4. The minimum absolute atomic E-state index is 0.0458. The fourth-order valence-electron chi connectivity index (χ4n) is 2.02. The van der Waals surface area contributed by atoms with Gasteiger partial charge in [0.15, 0.2) is 0 Å². The van der Waals surface area contributed by atoms with Gasteiger partial charge in [0.05, 0.1) is 0 Å². The van der Waals surface area contributed by atoms with Crippen molar-refractivity contribution in [1.82, 2.24) is 5.32 Å². The van der Waals surface area contributed by atoms with Gasteiger partial charge in [-0.2, -0.15) is 0 Å². The third-order valence-corrected chi connectivity index (χ3v) is 3.36. The summed E-state index contributed by atoms with van der Waals surface area (Å²) in [4.78, 5) is 22.8. The summed E-state index contributed by atoms with van der Waals surface area (Å²) in [5.41, 5.74) is 0. The van der Waals surface area contributed by atoms with E-state index in [-0.39, 0.29) is 17.7 Å². The van der Waals surface area contributed by atoms with Crippen molar-refractivity contribution in [2.24, 2.45) is 11.8 Å². The Hall–Kier alpha value is -1.32. The highest BCUT2D eigenvalue weighted by Crippen LogP contribution is 2.20. The lowest BCUT2D eigenvalue weighted by molar-refractivity contribution is -0.143. The van der Waals surface area contributed by atoms with Gasteiger partial charge in [0.25, 0.3) is 0 Å². The van der Waals surface area contributed by atoms with Crippen LogP contribution < -0.4 is 5.32 Å². The molecule has 0 fully saturated rings. The molecule has 0 bridgehead atoms. The van der Waals surface area contributed by atoms with Crippen molar-refractivity contribution < 1.29 is 14.7 Å². The molecule has 0 heterocycles. The zero-order valence-corrected chi connectivity index (χ0v) is 10.5. The minimum Gasteiger partial charge on any atom is -0.480 e. The topological polar surface area (TPSA) is 66.4 Å². The van der Waals surface area contributed by atoms with Crippen LogP contribution in [-0.4, -0.2) is 23.0 Å². The third kappa shape index (κ3) is 4.21. The van der Waals surface area contributed by atoms with Crippen molar-refractivity contribution in [3.63, 3.8) is 0 Å². The van der Waals surface area contributed by atoms with Crippen molar-refractivity contribution in [2.75, 3.05) is 0 Å². The number of hydrogen-bond acceptors (Lipinski definition) is 2. The highest BCUT2D eigenvalue weighted by Gasteiger charge is 2.26. The van der Waals surface area contributed by atoms with E-state index in [2.05, 4.69) is 11.4 Å². The van der Waals surface area contributed by atoms with Crippen LogP contribution in [0.1, 0.15) is 39.5 Å². The van der Waals surface area contributed by atoms with Gasteiger partial charge in [0, 0.05) is 6.42 Å². The predicted octanol–water partition coefficient (Wildman–Crippen LogP) is 1.96. The Kier molecular flexibility index (Phi) is 5.19. The summed E-state index contributed by atoms with van der Waals surface area (Å²) in [5, 5.41) is 11.7. The monoisotopic (exact) mass is 239 g/mol. The van der Waals surface area contributed by atoms with E-state index in [1.807, 2.05) is 19.9 Å². The first kappa shape index (κ1) is 13.7. The number of nitrogens with one attached hydrogen (secondary N) is 1. The summed E-state index contributed by atoms with van der Waals surface area (Å²) in [6.45, 7) is 3.76. The molecule has 0 saturated carbocycles. The number of amides is 1. The summed E-state index contributed by atoms with van der Waals surface area (Å²) in [5.74, 6) is -0.874. The first-order valence-electron chi connectivity index (χ1n) is 6.23. The molecule has 0 saturated heterocycles. The second-order valence-corrected chi connectivity index (χ2v) is 4.74. The summed E-state index contributed by atoms with van der Waals surface area (Å²) < 4.78 is 0. The molecule has 0 aromatic rings. The normalized spacial score (nSPS) is 22.1. The van der Waals surface area contributed by atoms with Crippen molar-refractivity contribution in [3.05, 3.63) is 12.2 Å². The summed E-state index contributed by atoms with van der Waals surface area (Å²) >= 11 is 0. The van der Waals surface area contributed by atoms with Crippen LogP contribution in [0, 0.1) is 11.8 Å². The molecule has 1 aliphatic carbocycles. The predicted molar refractivity (Wildman–Crippen MR) is 65.5 cm³/mol. The average molecular weight is 239 g/mol. The van der Waals surface area contributed by atoms with Crippen molar-refractivity contribution in [2.45, 2.75) is 45.6 Å². The smallest absolute Gasteiger partial charge is 0.326 e. The Morgan fingerprint density at radius 3 is 2.71 bits per heavy atom. The van der Waals surface area contributed by atoms with Crippen LogP contribution in [0.3, 0.4) is 0 Å². The maximum absolute atomic E-state index is 11.7. The zero-order valence-electron chi connectivity index (χ0n) is 10.5. The number of carbonyl (C=O) groups excluding carboxylic acids is 1. The van der Waals surface area contributed by atoms with Crippen LogP contribution >= 0.6 is 0 Å². The molecular weight excluding hydrogens is 218 g/mol. The number of hydrogen-bond donors (Lipinski definition) is 2. The Labute approximate surface area is 102 Å². The van der Waals surface area contributed by atoms with E-state index >= 15 is 0 Å². The van der Waals surface area contributed by atoms with Gasteiger partial charge in [0.1, 0.15) is 6.04 Å².